The fraction of sp³-hybridized carbons (Fsp3) is 0.625. The zero-order valence-electron chi connectivity index (χ0n) is 14.3. The first-order valence-electron chi connectivity index (χ1n) is 7.84. The molecule has 1 aliphatic rings. The second-order valence-corrected chi connectivity index (χ2v) is 6.13. The fourth-order valence-corrected chi connectivity index (χ4v) is 2.74. The molecule has 0 spiro atoms. The van der Waals surface area contributed by atoms with E-state index in [1.54, 1.807) is 11.8 Å². The van der Waals surface area contributed by atoms with Gasteiger partial charge in [0.25, 0.3) is 5.91 Å². The van der Waals surface area contributed by atoms with E-state index in [1.165, 1.54) is 7.11 Å². The molecule has 1 atom stereocenters. The molecule has 1 unspecified atom stereocenters. The Morgan fingerprint density at radius 1 is 1.35 bits per heavy atom. The monoisotopic (exact) mass is 320 g/mol. The summed E-state index contributed by atoms with van der Waals surface area (Å²) in [7, 11) is 1.30. The number of piperazine rings is 1. The normalized spacial score (nSPS) is 18.2. The van der Waals surface area contributed by atoms with E-state index in [9.17, 15) is 9.59 Å². The minimum absolute atomic E-state index is 0.0145. The van der Waals surface area contributed by atoms with E-state index in [4.69, 9.17) is 4.74 Å². The molecule has 126 valence electrons. The Hall–Kier alpha value is -2.02. The third kappa shape index (κ3) is 3.67. The van der Waals surface area contributed by atoms with Gasteiger partial charge in [0, 0.05) is 25.7 Å². The van der Waals surface area contributed by atoms with Gasteiger partial charge in [-0.25, -0.2) is 14.8 Å². The van der Waals surface area contributed by atoms with Crippen LogP contribution in [0.5, 0.6) is 0 Å². The van der Waals surface area contributed by atoms with Gasteiger partial charge in [-0.1, -0.05) is 13.8 Å². The number of aromatic nitrogens is 2. The number of rotatable bonds is 3. The average molecular weight is 320 g/mol. The molecule has 1 N–H and O–H groups in total. The summed E-state index contributed by atoms with van der Waals surface area (Å²) in [5, 5.41) is 3.29. The lowest BCUT2D eigenvalue weighted by atomic mass is 10.0. The molecule has 0 bridgehead atoms. The number of hydrogen-bond acceptors (Lipinski definition) is 6. The average Bonchev–Trinajstić information content (AvgIpc) is 2.52. The number of hydrogen-bond donors (Lipinski definition) is 1. The Bertz CT molecular complexity index is 616. The largest absolute Gasteiger partial charge is 0.465 e. The summed E-state index contributed by atoms with van der Waals surface area (Å²) >= 11 is 0. The maximum Gasteiger partial charge on any atom is 0.342 e. The number of methoxy groups -OCH3 is 1. The number of carbonyl (C=O) groups excluding carboxylic acids is 2. The summed E-state index contributed by atoms with van der Waals surface area (Å²) < 4.78 is 4.86. The predicted octanol–water partition coefficient (Wildman–Crippen LogP) is 1.13. The number of carbonyl (C=O) groups is 2. The van der Waals surface area contributed by atoms with Crippen molar-refractivity contribution in [1.82, 2.24) is 20.2 Å². The molecule has 1 aromatic heterocycles. The topological polar surface area (TPSA) is 84.4 Å². The van der Waals surface area contributed by atoms with Crippen molar-refractivity contribution in [2.24, 2.45) is 0 Å². The summed E-state index contributed by atoms with van der Waals surface area (Å²) in [5.41, 5.74) is 0.877. The van der Waals surface area contributed by atoms with Crippen LogP contribution in [0.2, 0.25) is 0 Å². The lowest BCUT2D eigenvalue weighted by Gasteiger charge is -2.32. The lowest BCUT2D eigenvalue weighted by Crippen LogP contribution is -2.51. The first-order valence-corrected chi connectivity index (χ1v) is 7.84. The quantitative estimate of drug-likeness (QED) is 0.841. The minimum atomic E-state index is -0.569. The van der Waals surface area contributed by atoms with Crippen molar-refractivity contribution in [3.05, 3.63) is 22.8 Å². The highest BCUT2D eigenvalue weighted by atomic mass is 16.5. The summed E-state index contributed by atoms with van der Waals surface area (Å²) in [6.45, 7) is 9.49. The third-order valence-electron chi connectivity index (χ3n) is 3.84. The SMILES string of the molecule is COC(=O)c1c(C(=O)N2CCNC(C)C2)nc(C)nc1C(C)C. The molecule has 7 nitrogen and oxygen atoms in total. The van der Waals surface area contributed by atoms with Crippen molar-refractivity contribution in [2.45, 2.75) is 39.7 Å². The lowest BCUT2D eigenvalue weighted by molar-refractivity contribution is 0.0581. The van der Waals surface area contributed by atoms with Crippen molar-refractivity contribution < 1.29 is 14.3 Å². The van der Waals surface area contributed by atoms with Crippen molar-refractivity contribution >= 4 is 11.9 Å². The fourth-order valence-electron chi connectivity index (χ4n) is 2.74. The molecule has 2 heterocycles. The van der Waals surface area contributed by atoms with Gasteiger partial charge in [-0.05, 0) is 19.8 Å². The Morgan fingerprint density at radius 3 is 2.61 bits per heavy atom. The Balaban J connectivity index is 2.51. The third-order valence-corrected chi connectivity index (χ3v) is 3.84. The molecule has 23 heavy (non-hydrogen) atoms. The molecule has 0 saturated carbocycles. The van der Waals surface area contributed by atoms with Crippen molar-refractivity contribution in [3.63, 3.8) is 0 Å². The zero-order chi connectivity index (χ0) is 17.1. The molecular weight excluding hydrogens is 296 g/mol. The first-order chi connectivity index (χ1) is 10.8. The van der Waals surface area contributed by atoms with E-state index in [0.29, 0.717) is 24.6 Å². The summed E-state index contributed by atoms with van der Waals surface area (Å²) in [5.74, 6) is -0.349. The van der Waals surface area contributed by atoms with Crippen molar-refractivity contribution in [2.75, 3.05) is 26.7 Å². The van der Waals surface area contributed by atoms with Crippen LogP contribution in [0.15, 0.2) is 0 Å². The van der Waals surface area contributed by atoms with Gasteiger partial charge in [0.1, 0.15) is 17.1 Å². The van der Waals surface area contributed by atoms with E-state index < -0.39 is 5.97 Å². The van der Waals surface area contributed by atoms with Gasteiger partial charge in [0.2, 0.25) is 0 Å². The summed E-state index contributed by atoms with van der Waals surface area (Å²) in [6, 6.07) is 0.210. The molecule has 2 rings (SSSR count). The van der Waals surface area contributed by atoms with Crippen LogP contribution in [0.1, 0.15) is 59.1 Å². The number of nitrogens with zero attached hydrogens (tertiary/aromatic N) is 3. The molecule has 0 aliphatic carbocycles. The van der Waals surface area contributed by atoms with Crippen LogP contribution in [0.4, 0.5) is 0 Å². The van der Waals surface area contributed by atoms with Gasteiger partial charge >= 0.3 is 5.97 Å². The standard InChI is InChI=1S/C16H24N4O3/c1-9(2)13-12(16(22)23-5)14(19-11(4)18-13)15(21)20-7-6-17-10(3)8-20/h9-10,17H,6-8H2,1-5H3. The maximum absolute atomic E-state index is 12.9. The van der Waals surface area contributed by atoms with Crippen molar-refractivity contribution in [1.29, 1.82) is 0 Å². The Labute approximate surface area is 136 Å². The van der Waals surface area contributed by atoms with E-state index in [0.717, 1.165) is 6.54 Å². The second kappa shape index (κ2) is 7.04. The molecular formula is C16H24N4O3. The maximum atomic E-state index is 12.9. The van der Waals surface area contributed by atoms with Gasteiger partial charge in [-0.3, -0.25) is 4.79 Å². The highest BCUT2D eigenvalue weighted by Crippen LogP contribution is 2.22. The molecule has 1 aliphatic heterocycles. The van der Waals surface area contributed by atoms with Gasteiger partial charge in [-0.15, -0.1) is 0 Å². The Morgan fingerprint density at radius 2 is 2.04 bits per heavy atom. The van der Waals surface area contributed by atoms with Gasteiger partial charge < -0.3 is 15.0 Å². The second-order valence-electron chi connectivity index (χ2n) is 6.13. The summed E-state index contributed by atoms with van der Waals surface area (Å²) in [4.78, 5) is 35.5. The van der Waals surface area contributed by atoms with Gasteiger partial charge in [-0.2, -0.15) is 0 Å². The van der Waals surface area contributed by atoms with Gasteiger partial charge in [0.05, 0.1) is 12.8 Å². The molecule has 7 heteroatoms. The Kier molecular flexibility index (Phi) is 5.30. The van der Waals surface area contributed by atoms with Crippen LogP contribution in [-0.2, 0) is 4.74 Å². The van der Waals surface area contributed by atoms with Gasteiger partial charge in [0.15, 0.2) is 0 Å². The zero-order valence-corrected chi connectivity index (χ0v) is 14.3. The number of amides is 1. The number of aryl methyl sites for hydroxylation is 1. The molecule has 0 radical (unpaired) electrons. The van der Waals surface area contributed by atoms with Crippen LogP contribution in [-0.4, -0.2) is 59.5 Å². The number of ether oxygens (including phenoxy) is 1. The molecule has 1 saturated heterocycles. The molecule has 1 aromatic rings. The van der Waals surface area contributed by atoms with E-state index in [1.807, 2.05) is 20.8 Å². The highest BCUT2D eigenvalue weighted by Gasteiger charge is 2.30. The van der Waals surface area contributed by atoms with Crippen LogP contribution in [0.3, 0.4) is 0 Å². The summed E-state index contributed by atoms with van der Waals surface area (Å²) in [6.07, 6.45) is 0. The predicted molar refractivity (Wildman–Crippen MR) is 85.6 cm³/mol. The van der Waals surface area contributed by atoms with Crippen LogP contribution in [0, 0.1) is 6.92 Å². The van der Waals surface area contributed by atoms with Crippen LogP contribution >= 0.6 is 0 Å². The smallest absolute Gasteiger partial charge is 0.342 e. The van der Waals surface area contributed by atoms with E-state index >= 15 is 0 Å². The first kappa shape index (κ1) is 17.3. The highest BCUT2D eigenvalue weighted by molar-refractivity contribution is 6.04. The van der Waals surface area contributed by atoms with E-state index in [-0.39, 0.29) is 29.1 Å². The molecule has 0 aromatic carbocycles. The molecule has 1 amide bonds. The number of nitrogens with one attached hydrogen (secondary N) is 1. The van der Waals surface area contributed by atoms with Crippen LogP contribution in [0.25, 0.3) is 0 Å². The molecule has 1 fully saturated rings. The van der Waals surface area contributed by atoms with Crippen molar-refractivity contribution in [3.8, 4) is 0 Å². The number of esters is 1. The minimum Gasteiger partial charge on any atom is -0.465 e. The van der Waals surface area contributed by atoms with E-state index in [2.05, 4.69) is 15.3 Å². The van der Waals surface area contributed by atoms with Crippen LogP contribution < -0.4 is 5.32 Å².